The second-order valence-corrected chi connectivity index (χ2v) is 5.31. The molecule has 0 bridgehead atoms. The normalized spacial score (nSPS) is 11.6. The molecule has 21 heavy (non-hydrogen) atoms. The van der Waals surface area contributed by atoms with Crippen LogP contribution in [0.1, 0.15) is 20.3 Å². The second-order valence-electron chi connectivity index (χ2n) is 4.46. The monoisotopic (exact) mass is 332 g/mol. The Labute approximate surface area is 133 Å². The molecule has 0 radical (unpaired) electrons. The number of hydrogen-bond donors (Lipinski definition) is 2. The molecule has 1 atom stereocenters. The predicted octanol–water partition coefficient (Wildman–Crippen LogP) is 2.40. The summed E-state index contributed by atoms with van der Waals surface area (Å²) in [6, 6.07) is 4.81. The van der Waals surface area contributed by atoms with Gasteiger partial charge in [0, 0.05) is 25.0 Å². The van der Waals surface area contributed by atoms with E-state index in [-0.39, 0.29) is 11.8 Å². The van der Waals surface area contributed by atoms with Crippen LogP contribution < -0.4 is 15.4 Å². The van der Waals surface area contributed by atoms with Gasteiger partial charge >= 0.3 is 0 Å². The van der Waals surface area contributed by atoms with E-state index in [2.05, 4.69) is 10.6 Å². The number of rotatable bonds is 7. The first-order valence-corrected chi connectivity index (χ1v) is 7.29. The van der Waals surface area contributed by atoms with Crippen molar-refractivity contribution >= 4 is 35.0 Å². The van der Waals surface area contributed by atoms with Crippen molar-refractivity contribution < 1.29 is 14.3 Å². The number of nitrogens with one attached hydrogen (secondary N) is 2. The van der Waals surface area contributed by atoms with Crippen LogP contribution in [0.15, 0.2) is 18.2 Å². The highest BCUT2D eigenvalue weighted by molar-refractivity contribution is 6.35. The summed E-state index contributed by atoms with van der Waals surface area (Å²) in [5.74, 6) is 0.0706. The Balaban J connectivity index is 2.35. The van der Waals surface area contributed by atoms with Crippen molar-refractivity contribution in [1.29, 1.82) is 0 Å². The van der Waals surface area contributed by atoms with Gasteiger partial charge in [0.1, 0.15) is 5.75 Å². The van der Waals surface area contributed by atoms with E-state index in [9.17, 15) is 9.59 Å². The largest absolute Gasteiger partial charge is 0.479 e. The van der Waals surface area contributed by atoms with Crippen LogP contribution in [0.3, 0.4) is 0 Å². The first-order valence-electron chi connectivity index (χ1n) is 6.54. The van der Waals surface area contributed by atoms with Crippen molar-refractivity contribution in [2.75, 3.05) is 13.1 Å². The Morgan fingerprint density at radius 3 is 2.52 bits per heavy atom. The fourth-order valence-electron chi connectivity index (χ4n) is 1.52. The second kappa shape index (κ2) is 8.74. The molecule has 116 valence electrons. The number of hydrogen-bond acceptors (Lipinski definition) is 3. The summed E-state index contributed by atoms with van der Waals surface area (Å²) < 4.78 is 5.48. The lowest BCUT2D eigenvalue weighted by Gasteiger charge is -2.15. The van der Waals surface area contributed by atoms with Gasteiger partial charge in [0.05, 0.1) is 5.02 Å². The third-order valence-electron chi connectivity index (χ3n) is 2.59. The smallest absolute Gasteiger partial charge is 0.260 e. The average molecular weight is 333 g/mol. The minimum Gasteiger partial charge on any atom is -0.479 e. The molecule has 5 nitrogen and oxygen atoms in total. The van der Waals surface area contributed by atoms with E-state index in [4.69, 9.17) is 27.9 Å². The number of carbonyl (C=O) groups excluding carboxylic acids is 2. The van der Waals surface area contributed by atoms with Gasteiger partial charge in [0.15, 0.2) is 6.10 Å². The molecule has 2 amide bonds. The molecule has 0 saturated carbocycles. The minimum atomic E-state index is -0.676. The zero-order chi connectivity index (χ0) is 15.8. The molecule has 0 saturated heterocycles. The molecule has 0 aliphatic rings. The molecule has 7 heteroatoms. The first kappa shape index (κ1) is 17.6. The topological polar surface area (TPSA) is 67.4 Å². The van der Waals surface area contributed by atoms with Gasteiger partial charge in [-0.05, 0) is 31.5 Å². The summed E-state index contributed by atoms with van der Waals surface area (Å²) in [7, 11) is 0. The SMILES string of the molecule is CC(=O)NCCCNC(=O)C(C)Oc1ccc(Cl)cc1Cl. The van der Waals surface area contributed by atoms with Gasteiger partial charge in [-0.3, -0.25) is 9.59 Å². The van der Waals surface area contributed by atoms with Crippen molar-refractivity contribution in [3.63, 3.8) is 0 Å². The highest BCUT2D eigenvalue weighted by Gasteiger charge is 2.15. The number of halogens is 2. The van der Waals surface area contributed by atoms with Crippen LogP contribution in [0.25, 0.3) is 0 Å². The van der Waals surface area contributed by atoms with Crippen molar-refractivity contribution in [1.82, 2.24) is 10.6 Å². The summed E-state index contributed by atoms with van der Waals surface area (Å²) in [4.78, 5) is 22.5. The van der Waals surface area contributed by atoms with E-state index in [1.54, 1.807) is 25.1 Å². The van der Waals surface area contributed by atoms with Gasteiger partial charge in [0.2, 0.25) is 5.91 Å². The molecule has 0 aromatic heterocycles. The van der Waals surface area contributed by atoms with Crippen LogP contribution in [0.5, 0.6) is 5.75 Å². The maximum atomic E-state index is 11.8. The molecule has 0 spiro atoms. The molecule has 1 rings (SSSR count). The fraction of sp³-hybridized carbons (Fsp3) is 0.429. The third kappa shape index (κ3) is 6.69. The van der Waals surface area contributed by atoms with Gasteiger partial charge in [-0.2, -0.15) is 0 Å². The van der Waals surface area contributed by atoms with Gasteiger partial charge in [-0.1, -0.05) is 23.2 Å². The van der Waals surface area contributed by atoms with Gasteiger partial charge in [-0.25, -0.2) is 0 Å². The maximum Gasteiger partial charge on any atom is 0.260 e. The van der Waals surface area contributed by atoms with Crippen LogP contribution in [-0.4, -0.2) is 31.0 Å². The maximum absolute atomic E-state index is 11.8. The summed E-state index contributed by atoms with van der Waals surface area (Å²) in [5.41, 5.74) is 0. The lowest BCUT2D eigenvalue weighted by atomic mass is 10.3. The van der Waals surface area contributed by atoms with Crippen molar-refractivity contribution in [2.45, 2.75) is 26.4 Å². The molecule has 1 aromatic rings. The lowest BCUT2D eigenvalue weighted by Crippen LogP contribution is -2.37. The predicted molar refractivity (Wildman–Crippen MR) is 82.9 cm³/mol. The Kier molecular flexibility index (Phi) is 7.32. The average Bonchev–Trinajstić information content (AvgIpc) is 2.40. The quantitative estimate of drug-likeness (QED) is 0.753. The molecule has 0 aliphatic carbocycles. The van der Waals surface area contributed by atoms with E-state index in [0.29, 0.717) is 35.3 Å². The fourth-order valence-corrected chi connectivity index (χ4v) is 1.98. The Bertz CT molecular complexity index is 509. The van der Waals surface area contributed by atoms with Gasteiger partial charge in [-0.15, -0.1) is 0 Å². The highest BCUT2D eigenvalue weighted by atomic mass is 35.5. The van der Waals surface area contributed by atoms with E-state index in [0.717, 1.165) is 0 Å². The summed E-state index contributed by atoms with van der Waals surface area (Å²) in [6.07, 6.45) is -0.0239. The third-order valence-corrected chi connectivity index (χ3v) is 3.12. The van der Waals surface area contributed by atoms with Crippen LogP contribution in [0, 0.1) is 0 Å². The van der Waals surface area contributed by atoms with Crippen LogP contribution >= 0.6 is 23.2 Å². The first-order chi connectivity index (χ1) is 9.90. The van der Waals surface area contributed by atoms with Crippen molar-refractivity contribution in [3.8, 4) is 5.75 Å². The zero-order valence-corrected chi connectivity index (χ0v) is 13.4. The standard InChI is InChI=1S/C14H18Cl2N2O3/c1-9(14(20)18-7-3-6-17-10(2)19)21-13-5-4-11(15)8-12(13)16/h4-5,8-9H,3,6-7H2,1-2H3,(H,17,19)(H,18,20). The van der Waals surface area contributed by atoms with E-state index < -0.39 is 6.10 Å². The molecule has 0 aliphatic heterocycles. The zero-order valence-electron chi connectivity index (χ0n) is 11.9. The Hall–Kier alpha value is -1.46. The van der Waals surface area contributed by atoms with E-state index in [1.807, 2.05) is 0 Å². The molecular weight excluding hydrogens is 315 g/mol. The Morgan fingerprint density at radius 2 is 1.90 bits per heavy atom. The molecule has 1 aromatic carbocycles. The minimum absolute atomic E-state index is 0.0876. The van der Waals surface area contributed by atoms with Crippen LogP contribution in [-0.2, 0) is 9.59 Å². The lowest BCUT2D eigenvalue weighted by molar-refractivity contribution is -0.127. The van der Waals surface area contributed by atoms with Crippen LogP contribution in [0.4, 0.5) is 0 Å². The molecular formula is C14H18Cl2N2O3. The summed E-state index contributed by atoms with van der Waals surface area (Å²) >= 11 is 11.8. The summed E-state index contributed by atoms with van der Waals surface area (Å²) in [6.45, 7) is 4.06. The van der Waals surface area contributed by atoms with Gasteiger partial charge < -0.3 is 15.4 Å². The summed E-state index contributed by atoms with van der Waals surface area (Å²) in [5, 5.41) is 6.23. The highest BCUT2D eigenvalue weighted by Crippen LogP contribution is 2.28. The van der Waals surface area contributed by atoms with E-state index in [1.165, 1.54) is 6.92 Å². The van der Waals surface area contributed by atoms with Crippen molar-refractivity contribution in [3.05, 3.63) is 28.2 Å². The molecule has 2 N–H and O–H groups in total. The number of amides is 2. The number of benzene rings is 1. The Morgan fingerprint density at radius 1 is 1.24 bits per heavy atom. The van der Waals surface area contributed by atoms with E-state index >= 15 is 0 Å². The number of carbonyl (C=O) groups is 2. The molecule has 0 fully saturated rings. The van der Waals surface area contributed by atoms with Gasteiger partial charge in [0.25, 0.3) is 5.91 Å². The molecule has 1 unspecified atom stereocenters. The van der Waals surface area contributed by atoms with Crippen LogP contribution in [0.2, 0.25) is 10.0 Å². The van der Waals surface area contributed by atoms with Crippen molar-refractivity contribution in [2.24, 2.45) is 0 Å². The molecule has 0 heterocycles. The number of ether oxygens (including phenoxy) is 1.